The lowest BCUT2D eigenvalue weighted by Gasteiger charge is -2.51. The summed E-state index contributed by atoms with van der Waals surface area (Å²) in [6.45, 7) is 41.7. The smallest absolute Gasteiger partial charge is 0.252 e. The van der Waals surface area contributed by atoms with Crippen molar-refractivity contribution in [3.63, 3.8) is 0 Å². The van der Waals surface area contributed by atoms with Gasteiger partial charge in [-0.15, -0.1) is 0 Å². The summed E-state index contributed by atoms with van der Waals surface area (Å²) in [4.78, 5) is 8.37. The summed E-state index contributed by atoms with van der Waals surface area (Å²) in [7, 11) is 0. The summed E-state index contributed by atoms with van der Waals surface area (Å²) in [5, 5.41) is 0. The van der Waals surface area contributed by atoms with E-state index < -0.39 is 0 Å². The summed E-state index contributed by atoms with van der Waals surface area (Å²) in [6.07, 6.45) is 7.03. The van der Waals surface area contributed by atoms with Gasteiger partial charge in [0, 0.05) is 50.8 Å². The fourth-order valence-electron chi connectivity index (χ4n) is 17.1. The maximum absolute atomic E-state index is 2.84. The summed E-state index contributed by atoms with van der Waals surface area (Å²) >= 11 is 0. The van der Waals surface area contributed by atoms with E-state index in [1.54, 1.807) is 0 Å². The summed E-state index contributed by atoms with van der Waals surface area (Å²) in [6, 6.07) is 51.7. The molecule has 0 saturated heterocycles. The van der Waals surface area contributed by atoms with Crippen LogP contribution >= 0.6 is 0 Å². The fourth-order valence-corrected chi connectivity index (χ4v) is 17.1. The molecule has 0 aromatic heterocycles. The Morgan fingerprint density at radius 3 is 1.45 bits per heavy atom. The van der Waals surface area contributed by atoms with Crippen LogP contribution in [0.5, 0.6) is 0 Å². The molecule has 0 N–H and O–H groups in total. The van der Waals surface area contributed by atoms with Crippen LogP contribution in [-0.2, 0) is 37.9 Å². The Kier molecular flexibility index (Phi) is 10.5. The van der Waals surface area contributed by atoms with E-state index in [2.05, 4.69) is 260 Å². The highest BCUT2D eigenvalue weighted by molar-refractivity contribution is 7.00. The van der Waals surface area contributed by atoms with Crippen molar-refractivity contribution in [1.82, 2.24) is 0 Å². The number of fused-ring (bicyclic) bond motifs is 9. The van der Waals surface area contributed by atoms with Gasteiger partial charge in [-0.1, -0.05) is 196 Å². The summed E-state index contributed by atoms with van der Waals surface area (Å²) < 4.78 is 0. The lowest BCUT2D eigenvalue weighted by atomic mass is 9.33. The van der Waals surface area contributed by atoms with Crippen LogP contribution in [0, 0.1) is 6.92 Å². The molecule has 0 radical (unpaired) electrons. The second-order valence-corrected chi connectivity index (χ2v) is 30.1. The summed E-state index contributed by atoms with van der Waals surface area (Å²) in [5.74, 6) is 0. The molecular formula is C73H84BN3. The van der Waals surface area contributed by atoms with Crippen molar-refractivity contribution in [3.8, 4) is 11.1 Å². The third-order valence-electron chi connectivity index (χ3n) is 20.8. The van der Waals surface area contributed by atoms with Crippen molar-refractivity contribution >= 4 is 68.6 Å². The Hall–Kier alpha value is -6.00. The van der Waals surface area contributed by atoms with E-state index in [9.17, 15) is 0 Å². The van der Waals surface area contributed by atoms with E-state index in [1.807, 2.05) is 0 Å². The Labute approximate surface area is 463 Å². The van der Waals surface area contributed by atoms with Gasteiger partial charge in [-0.05, 0) is 187 Å². The van der Waals surface area contributed by atoms with Crippen LogP contribution in [0.1, 0.15) is 194 Å². The molecule has 0 amide bonds. The predicted octanol–water partition coefficient (Wildman–Crippen LogP) is 18.0. The number of para-hydroxylation sites is 1. The SMILES string of the molecule is Cc1cc(C(C)(C)C)ccc1N1c2cc3c(cc2B2c4cc5c(cc4N(c4ccc(C(C)(C)C)cc4-c4ccccc4)c4cc(N6c7ccccc7C7(C)CCCCC67C)cc1c42)C(C)(C)CC5(C)C)C(C)(C)CC3(C)C. The molecule has 77 heavy (non-hydrogen) atoms. The van der Waals surface area contributed by atoms with E-state index in [1.165, 1.54) is 137 Å². The number of anilines is 8. The molecule has 3 aliphatic carbocycles. The second kappa shape index (κ2) is 16.1. The van der Waals surface area contributed by atoms with Crippen LogP contribution in [0.2, 0.25) is 0 Å². The highest BCUT2D eigenvalue weighted by Gasteiger charge is 2.58. The molecule has 0 bridgehead atoms. The van der Waals surface area contributed by atoms with Crippen LogP contribution in [0.4, 0.5) is 45.5 Å². The van der Waals surface area contributed by atoms with Gasteiger partial charge >= 0.3 is 0 Å². The molecule has 2 unspecified atom stereocenters. The first-order chi connectivity index (χ1) is 36.1. The molecule has 4 heteroatoms. The van der Waals surface area contributed by atoms with Gasteiger partial charge < -0.3 is 14.7 Å². The second-order valence-electron chi connectivity index (χ2n) is 30.1. The molecule has 3 aliphatic heterocycles. The zero-order valence-corrected chi connectivity index (χ0v) is 49.8. The number of rotatable bonds is 4. The topological polar surface area (TPSA) is 9.72 Å². The zero-order valence-electron chi connectivity index (χ0n) is 49.8. The Balaban J connectivity index is 1.22. The average molecular weight is 1010 g/mol. The third-order valence-corrected chi connectivity index (χ3v) is 20.8. The number of hydrogen-bond acceptors (Lipinski definition) is 3. The van der Waals surface area contributed by atoms with Crippen molar-refractivity contribution in [2.45, 2.75) is 200 Å². The van der Waals surface area contributed by atoms with Crippen LogP contribution in [0.25, 0.3) is 11.1 Å². The minimum absolute atomic E-state index is 0.00108. The molecule has 3 nitrogen and oxygen atoms in total. The standard InChI is InChI=1S/C73H84BN3/c1-45-35-47(66(2,3)4)29-31-58(45)75-61-41-54-52(68(8,9)43-70(54,12)13)39-56(61)74-57-40-53-55(71(14,15)44-69(53,10)11)42-62(57)76(59-32-30-48(67(5,6)7)36-50(59)46-25-19-18-20-26-46)64-38-49(37-63(75)65(64)74)77-60-28-22-21-27-51(60)72(16)33-23-24-34-73(72,77)17/h18-22,25-32,35-42H,23-24,33-34,43-44H2,1-17H3. The van der Waals surface area contributed by atoms with E-state index >= 15 is 0 Å². The molecule has 6 aliphatic rings. The largest absolute Gasteiger partial charge is 0.334 e. The summed E-state index contributed by atoms with van der Waals surface area (Å²) in [5.41, 5.74) is 28.5. The molecule has 3 heterocycles. The fraction of sp³-hybridized carbons (Fsp3) is 0.425. The Morgan fingerprint density at radius 1 is 0.429 bits per heavy atom. The Bertz CT molecular complexity index is 3630. The van der Waals surface area contributed by atoms with Gasteiger partial charge in [0.2, 0.25) is 0 Å². The van der Waals surface area contributed by atoms with Gasteiger partial charge in [-0.2, -0.15) is 0 Å². The molecule has 1 fully saturated rings. The normalized spacial score (nSPS) is 22.7. The van der Waals surface area contributed by atoms with Gasteiger partial charge in [0.1, 0.15) is 0 Å². The highest BCUT2D eigenvalue weighted by atomic mass is 15.3. The number of aryl methyl sites for hydroxylation is 1. The molecular weight excluding hydrogens is 930 g/mol. The maximum Gasteiger partial charge on any atom is 0.252 e. The molecule has 13 rings (SSSR count). The zero-order chi connectivity index (χ0) is 54.5. The van der Waals surface area contributed by atoms with E-state index in [0.29, 0.717) is 0 Å². The predicted molar refractivity (Wildman–Crippen MR) is 332 cm³/mol. The molecule has 1 saturated carbocycles. The molecule has 394 valence electrons. The number of benzene rings is 7. The van der Waals surface area contributed by atoms with Gasteiger partial charge in [0.05, 0.1) is 11.2 Å². The van der Waals surface area contributed by atoms with Crippen molar-refractivity contribution in [2.24, 2.45) is 0 Å². The third kappa shape index (κ3) is 7.14. The van der Waals surface area contributed by atoms with Gasteiger partial charge in [-0.25, -0.2) is 0 Å². The van der Waals surface area contributed by atoms with Crippen molar-refractivity contribution in [3.05, 3.63) is 172 Å². The quantitative estimate of drug-likeness (QED) is 0.163. The number of nitrogens with zero attached hydrogens (tertiary/aromatic N) is 3. The van der Waals surface area contributed by atoms with Crippen LogP contribution in [0.15, 0.2) is 127 Å². The first kappa shape index (κ1) is 50.5. The van der Waals surface area contributed by atoms with Gasteiger partial charge in [0.15, 0.2) is 0 Å². The highest BCUT2D eigenvalue weighted by Crippen LogP contribution is 2.63. The lowest BCUT2D eigenvalue weighted by molar-refractivity contribution is 0.195. The lowest BCUT2D eigenvalue weighted by Crippen LogP contribution is -2.62. The van der Waals surface area contributed by atoms with Gasteiger partial charge in [0.25, 0.3) is 6.71 Å². The molecule has 7 aromatic carbocycles. The molecule has 0 spiro atoms. The van der Waals surface area contributed by atoms with Crippen molar-refractivity contribution in [1.29, 1.82) is 0 Å². The first-order valence-electron chi connectivity index (χ1n) is 29.4. The minimum Gasteiger partial charge on any atom is -0.334 e. The van der Waals surface area contributed by atoms with E-state index in [4.69, 9.17) is 0 Å². The van der Waals surface area contributed by atoms with Crippen LogP contribution in [0.3, 0.4) is 0 Å². The van der Waals surface area contributed by atoms with Crippen molar-refractivity contribution in [2.75, 3.05) is 14.7 Å². The van der Waals surface area contributed by atoms with Crippen LogP contribution < -0.4 is 31.1 Å². The molecule has 7 aromatic rings. The first-order valence-corrected chi connectivity index (χ1v) is 29.4. The van der Waals surface area contributed by atoms with E-state index in [0.717, 1.165) is 19.3 Å². The molecule has 2 atom stereocenters. The minimum atomic E-state index is -0.134. The van der Waals surface area contributed by atoms with Gasteiger partial charge in [-0.3, -0.25) is 0 Å². The Morgan fingerprint density at radius 2 is 0.909 bits per heavy atom. The monoisotopic (exact) mass is 1010 g/mol. The number of hydrogen-bond donors (Lipinski definition) is 0. The average Bonchev–Trinajstić information content (AvgIpc) is 4.05. The maximum atomic E-state index is 2.84. The van der Waals surface area contributed by atoms with Crippen molar-refractivity contribution < 1.29 is 0 Å². The van der Waals surface area contributed by atoms with Crippen LogP contribution in [-0.4, -0.2) is 12.3 Å². The van der Waals surface area contributed by atoms with E-state index in [-0.39, 0.29) is 50.2 Å².